The number of fused-ring (bicyclic) bond motifs is 1. The molecule has 0 bridgehead atoms. The molecule has 3 aromatic heterocycles. The van der Waals surface area contributed by atoms with Crippen LogP contribution < -0.4 is 9.47 Å². The number of halogens is 5. The van der Waals surface area contributed by atoms with E-state index in [2.05, 4.69) is 34.5 Å². The Morgan fingerprint density at radius 3 is 2.30 bits per heavy atom. The summed E-state index contributed by atoms with van der Waals surface area (Å²) in [6.45, 7) is 0.973. The summed E-state index contributed by atoms with van der Waals surface area (Å²) >= 11 is 0. The summed E-state index contributed by atoms with van der Waals surface area (Å²) in [5.41, 5.74) is 1.56. The van der Waals surface area contributed by atoms with E-state index in [1.807, 2.05) is 13.1 Å². The highest BCUT2D eigenvalue weighted by Gasteiger charge is 2.33. The number of aryl methyl sites for hydroxylation is 1. The largest absolute Gasteiger partial charge is 0.471 e. The lowest BCUT2D eigenvalue weighted by molar-refractivity contribution is 0.0569. The predicted octanol–water partition coefficient (Wildman–Crippen LogP) is 4.02. The van der Waals surface area contributed by atoms with Crippen LogP contribution >= 0.6 is 0 Å². The van der Waals surface area contributed by atoms with Crippen molar-refractivity contribution in [2.24, 2.45) is 0 Å². The van der Waals surface area contributed by atoms with Gasteiger partial charge < -0.3 is 19.1 Å². The number of esters is 1. The van der Waals surface area contributed by atoms with Crippen molar-refractivity contribution in [2.45, 2.75) is 39.4 Å². The van der Waals surface area contributed by atoms with E-state index < -0.39 is 49.6 Å². The van der Waals surface area contributed by atoms with Gasteiger partial charge in [-0.15, -0.1) is 0 Å². The van der Waals surface area contributed by atoms with E-state index in [-0.39, 0.29) is 42.1 Å². The highest BCUT2D eigenvalue weighted by atomic mass is 19.3. The average molecular weight is 664 g/mol. The molecule has 1 aliphatic rings. The van der Waals surface area contributed by atoms with Crippen LogP contribution in [-0.4, -0.2) is 86.0 Å². The van der Waals surface area contributed by atoms with Gasteiger partial charge >= 0.3 is 5.97 Å². The van der Waals surface area contributed by atoms with E-state index in [1.165, 1.54) is 11.0 Å². The van der Waals surface area contributed by atoms with E-state index in [1.54, 1.807) is 23.0 Å². The molecule has 1 aliphatic heterocycles. The van der Waals surface area contributed by atoms with Crippen LogP contribution in [0.15, 0.2) is 43.2 Å². The zero-order valence-electron chi connectivity index (χ0n) is 24.8. The van der Waals surface area contributed by atoms with Crippen molar-refractivity contribution in [3.05, 3.63) is 77.1 Å². The van der Waals surface area contributed by atoms with Gasteiger partial charge in [0, 0.05) is 30.4 Å². The monoisotopic (exact) mass is 663 g/mol. The van der Waals surface area contributed by atoms with Gasteiger partial charge in [-0.25, -0.2) is 46.7 Å². The summed E-state index contributed by atoms with van der Waals surface area (Å²) in [5, 5.41) is 4.18. The van der Waals surface area contributed by atoms with Crippen LogP contribution in [0, 0.1) is 5.82 Å². The molecule has 0 atom stereocenters. The summed E-state index contributed by atoms with van der Waals surface area (Å²) in [7, 11) is 1.07. The summed E-state index contributed by atoms with van der Waals surface area (Å²) < 4.78 is 79.2. The van der Waals surface area contributed by atoms with Crippen molar-refractivity contribution in [1.82, 2.24) is 34.6 Å². The van der Waals surface area contributed by atoms with Gasteiger partial charge in [-0.2, -0.15) is 5.10 Å². The molecule has 0 saturated heterocycles. The molecule has 5 rings (SSSR count). The average Bonchev–Trinajstić information content (AvgIpc) is 3.68. The lowest BCUT2D eigenvalue weighted by Gasteiger charge is -2.16. The van der Waals surface area contributed by atoms with Crippen LogP contribution in [-0.2, 0) is 24.4 Å². The van der Waals surface area contributed by atoms with Crippen molar-refractivity contribution in [1.29, 1.82) is 0 Å². The van der Waals surface area contributed by atoms with E-state index in [9.17, 15) is 36.3 Å². The van der Waals surface area contributed by atoms with E-state index in [4.69, 9.17) is 4.74 Å². The number of hydrogen-bond donors (Lipinski definition) is 0. The second-order valence-electron chi connectivity index (χ2n) is 9.51. The standard InChI is InChI=1S/C20H18F3N5O2.C9H8F2N2O4/c1-2-28-8-14(6-26-28)12-3-4-13(15(21)5-12)7-27-9-16-18(20(27)29)19(25-11-24-16)30-10-17(22)23;1-16-9(15)7-5(2-14)12-4-13-8(7)17-3-6(10)11/h3-6,8,11,17H,2,7,9-10H2,1H3;2,4,6H,3H2,1H3. The van der Waals surface area contributed by atoms with E-state index in [0.717, 1.165) is 25.3 Å². The molecule has 1 aromatic carbocycles. The van der Waals surface area contributed by atoms with E-state index in [0.29, 0.717) is 23.4 Å². The fraction of sp³-hybridized carbons (Fsp3) is 0.310. The van der Waals surface area contributed by atoms with Crippen molar-refractivity contribution in [3.63, 3.8) is 0 Å². The number of amides is 1. The second-order valence-corrected chi connectivity index (χ2v) is 9.51. The molecule has 18 heteroatoms. The van der Waals surface area contributed by atoms with Crippen LogP contribution in [0.1, 0.15) is 49.4 Å². The highest BCUT2D eigenvalue weighted by Crippen LogP contribution is 2.30. The molecule has 0 N–H and O–H groups in total. The third-order valence-corrected chi connectivity index (χ3v) is 6.47. The number of aldehydes is 1. The number of ether oxygens (including phenoxy) is 3. The molecule has 0 spiro atoms. The minimum absolute atomic E-state index is 0.00379. The summed E-state index contributed by atoms with van der Waals surface area (Å²) in [6.07, 6.45) is 0.435. The van der Waals surface area contributed by atoms with E-state index >= 15 is 0 Å². The minimum Gasteiger partial charge on any atom is -0.471 e. The summed E-state index contributed by atoms with van der Waals surface area (Å²) in [6, 6.07) is 4.78. The first kappa shape index (κ1) is 34.3. The zero-order valence-corrected chi connectivity index (χ0v) is 24.8. The maximum absolute atomic E-state index is 14.7. The van der Waals surface area contributed by atoms with Crippen LogP contribution in [0.4, 0.5) is 22.0 Å². The first-order chi connectivity index (χ1) is 22.6. The molecule has 0 radical (unpaired) electrons. The van der Waals surface area contributed by atoms with Gasteiger partial charge in [0.15, 0.2) is 25.1 Å². The number of hydrogen-bond acceptors (Lipinski definition) is 11. The maximum Gasteiger partial charge on any atom is 0.345 e. The minimum atomic E-state index is -2.73. The van der Waals surface area contributed by atoms with Crippen LogP contribution in [0.5, 0.6) is 11.8 Å². The Morgan fingerprint density at radius 2 is 1.68 bits per heavy atom. The molecule has 47 heavy (non-hydrogen) atoms. The van der Waals surface area contributed by atoms with Gasteiger partial charge in [-0.05, 0) is 18.6 Å². The molecule has 1 amide bonds. The quantitative estimate of drug-likeness (QED) is 0.123. The summed E-state index contributed by atoms with van der Waals surface area (Å²) in [5.74, 6) is -2.47. The first-order valence-electron chi connectivity index (χ1n) is 13.7. The molecule has 13 nitrogen and oxygen atoms in total. The van der Waals surface area contributed by atoms with Crippen molar-refractivity contribution in [2.75, 3.05) is 20.3 Å². The predicted molar refractivity (Wildman–Crippen MR) is 151 cm³/mol. The Labute approximate surface area is 263 Å². The number of alkyl halides is 4. The fourth-order valence-electron chi connectivity index (χ4n) is 4.29. The second kappa shape index (κ2) is 15.6. The van der Waals surface area contributed by atoms with Gasteiger partial charge in [-0.3, -0.25) is 14.3 Å². The Hall–Kier alpha value is -5.55. The van der Waals surface area contributed by atoms with Gasteiger partial charge in [-0.1, -0.05) is 12.1 Å². The van der Waals surface area contributed by atoms with Crippen LogP contribution in [0.3, 0.4) is 0 Å². The molecule has 4 aromatic rings. The smallest absolute Gasteiger partial charge is 0.345 e. The van der Waals surface area contributed by atoms with Crippen LogP contribution in [0.25, 0.3) is 11.1 Å². The number of aromatic nitrogens is 6. The van der Waals surface area contributed by atoms with Gasteiger partial charge in [0.25, 0.3) is 18.8 Å². The highest BCUT2D eigenvalue weighted by molar-refractivity contribution is 6.00. The molecule has 0 aliphatic carbocycles. The molecular formula is C29H26F5N7O6. The fourth-order valence-corrected chi connectivity index (χ4v) is 4.29. The number of carbonyl (C=O) groups excluding carboxylic acids is 3. The Bertz CT molecular complexity index is 1740. The third kappa shape index (κ3) is 8.39. The van der Waals surface area contributed by atoms with Gasteiger partial charge in [0.1, 0.15) is 29.7 Å². The SMILES string of the molecule is CCn1cc(-c2ccc(CN3Cc4ncnc(OCC(F)F)c4C3=O)c(F)c2)cn1.COC(=O)c1c(C=O)ncnc1OCC(F)F. The summed E-state index contributed by atoms with van der Waals surface area (Å²) in [4.78, 5) is 50.9. The molecule has 0 unspecified atom stereocenters. The Morgan fingerprint density at radius 1 is 1.00 bits per heavy atom. The Kier molecular flexibility index (Phi) is 11.4. The normalized spacial score (nSPS) is 12.1. The zero-order chi connectivity index (χ0) is 34.1. The maximum atomic E-state index is 14.7. The number of nitrogens with zero attached hydrogens (tertiary/aromatic N) is 7. The number of rotatable bonds is 12. The van der Waals surface area contributed by atoms with Crippen molar-refractivity contribution < 1.29 is 50.5 Å². The first-order valence-corrected chi connectivity index (χ1v) is 13.7. The Balaban J connectivity index is 0.000000251. The van der Waals surface area contributed by atoms with Gasteiger partial charge in [0.05, 0.1) is 25.5 Å². The van der Waals surface area contributed by atoms with Crippen molar-refractivity contribution in [3.8, 4) is 22.9 Å². The third-order valence-electron chi connectivity index (χ3n) is 6.47. The number of methoxy groups -OCH3 is 1. The van der Waals surface area contributed by atoms with Crippen molar-refractivity contribution >= 4 is 18.2 Å². The molecular weight excluding hydrogens is 637 g/mol. The molecule has 248 valence electrons. The van der Waals surface area contributed by atoms with Crippen LogP contribution in [0.2, 0.25) is 0 Å². The number of benzene rings is 1. The number of carbonyl (C=O) groups is 3. The molecule has 0 saturated carbocycles. The lowest BCUT2D eigenvalue weighted by Crippen LogP contribution is -2.24. The molecule has 4 heterocycles. The molecule has 0 fully saturated rings. The van der Waals surface area contributed by atoms with Gasteiger partial charge in [0.2, 0.25) is 11.8 Å². The topological polar surface area (TPSA) is 152 Å². The lowest BCUT2D eigenvalue weighted by atomic mass is 10.1.